The van der Waals surface area contributed by atoms with Crippen molar-refractivity contribution in [2.75, 3.05) is 25.1 Å². The van der Waals surface area contributed by atoms with Crippen molar-refractivity contribution in [3.05, 3.63) is 59.7 Å². The van der Waals surface area contributed by atoms with Crippen LogP contribution in [0.25, 0.3) is 0 Å². The zero-order valence-electron chi connectivity index (χ0n) is 19.2. The molecule has 2 heterocycles. The van der Waals surface area contributed by atoms with E-state index < -0.39 is 35.7 Å². The quantitative estimate of drug-likeness (QED) is 0.493. The third-order valence-electron chi connectivity index (χ3n) is 6.54. The molecule has 12 heteroatoms. The number of carbonyl (C=O) groups is 1. The van der Waals surface area contributed by atoms with Crippen LogP contribution in [0.1, 0.15) is 42.3 Å². The van der Waals surface area contributed by atoms with Crippen LogP contribution in [0.2, 0.25) is 0 Å². The number of amides is 1. The fourth-order valence-electron chi connectivity index (χ4n) is 5.00. The topological polar surface area (TPSA) is 50.8 Å². The van der Waals surface area contributed by atoms with Crippen molar-refractivity contribution < 1.29 is 40.6 Å². The van der Waals surface area contributed by atoms with E-state index in [2.05, 4.69) is 10.1 Å². The van der Waals surface area contributed by atoms with Gasteiger partial charge in [0, 0.05) is 24.2 Å². The zero-order valence-corrected chi connectivity index (χ0v) is 20.0. The first-order valence-electron chi connectivity index (χ1n) is 11.1. The Hall–Kier alpha value is -2.50. The predicted molar refractivity (Wildman–Crippen MR) is 122 cm³/mol. The zero-order chi connectivity index (χ0) is 25.4. The third kappa shape index (κ3) is 5.90. The molecular weight excluding hydrogens is 514 g/mol. The lowest BCUT2D eigenvalue weighted by molar-refractivity contribution is -0.275. The number of piperidine rings is 1. The van der Waals surface area contributed by atoms with Gasteiger partial charge in [0.1, 0.15) is 5.75 Å². The van der Waals surface area contributed by atoms with Gasteiger partial charge in [-0.2, -0.15) is 13.2 Å². The van der Waals surface area contributed by atoms with Crippen LogP contribution in [0, 0.1) is 0 Å². The van der Waals surface area contributed by atoms with Crippen LogP contribution in [0.15, 0.2) is 48.5 Å². The fraction of sp³-hybridized carbons (Fsp3) is 0.458. The van der Waals surface area contributed by atoms with Gasteiger partial charge in [0.05, 0.1) is 18.2 Å². The van der Waals surface area contributed by atoms with Gasteiger partial charge in [-0.1, -0.05) is 30.3 Å². The number of halogens is 7. The molecule has 2 saturated heterocycles. The van der Waals surface area contributed by atoms with E-state index >= 15 is 0 Å². The van der Waals surface area contributed by atoms with Crippen molar-refractivity contribution in [3.8, 4) is 5.75 Å². The normalized spacial score (nSPS) is 24.3. The number of rotatable bonds is 4. The van der Waals surface area contributed by atoms with Crippen molar-refractivity contribution in [2.24, 2.45) is 0 Å². The standard InChI is InChI=1S/C24H24F6N2O3.ClH/c1-32(21(33)23(25,26)27)17-8-9-19(35-24(28,29)30)18(12-17)16-13-22(34-14-16)10-5-11-31-20(22)15-6-3-2-4-7-15;/h2-4,6-9,12,16,20,31H,5,10-11,13-14H2,1H3;1H. The average Bonchev–Trinajstić information content (AvgIpc) is 3.21. The first-order valence-corrected chi connectivity index (χ1v) is 11.1. The average molecular weight is 539 g/mol. The summed E-state index contributed by atoms with van der Waals surface area (Å²) in [6, 6.07) is 12.4. The molecule has 2 fully saturated rings. The summed E-state index contributed by atoms with van der Waals surface area (Å²) in [6.07, 6.45) is -8.34. The monoisotopic (exact) mass is 538 g/mol. The van der Waals surface area contributed by atoms with Crippen LogP contribution in [0.5, 0.6) is 5.75 Å². The molecule has 4 rings (SSSR count). The number of hydrogen-bond acceptors (Lipinski definition) is 4. The fourth-order valence-corrected chi connectivity index (χ4v) is 5.00. The molecule has 2 aromatic rings. The maximum absolute atomic E-state index is 13.1. The van der Waals surface area contributed by atoms with Gasteiger partial charge in [0.25, 0.3) is 0 Å². The molecule has 0 aromatic heterocycles. The van der Waals surface area contributed by atoms with Crippen molar-refractivity contribution in [1.29, 1.82) is 0 Å². The van der Waals surface area contributed by atoms with E-state index in [1.54, 1.807) is 0 Å². The van der Waals surface area contributed by atoms with Crippen LogP contribution in [-0.2, 0) is 9.53 Å². The highest BCUT2D eigenvalue weighted by atomic mass is 35.5. The highest BCUT2D eigenvalue weighted by molar-refractivity contribution is 5.97. The first kappa shape index (κ1) is 28.1. The molecule has 1 amide bonds. The van der Waals surface area contributed by atoms with Crippen molar-refractivity contribution >= 4 is 24.0 Å². The molecule has 3 unspecified atom stereocenters. The minimum atomic E-state index is -5.13. The van der Waals surface area contributed by atoms with Gasteiger partial charge in [-0.25, -0.2) is 0 Å². The smallest absolute Gasteiger partial charge is 0.405 e. The molecule has 0 radical (unpaired) electrons. The molecule has 3 atom stereocenters. The molecule has 0 saturated carbocycles. The van der Waals surface area contributed by atoms with Crippen molar-refractivity contribution in [1.82, 2.24) is 5.32 Å². The van der Waals surface area contributed by atoms with Crippen LogP contribution in [0.4, 0.5) is 32.0 Å². The summed E-state index contributed by atoms with van der Waals surface area (Å²) in [6.45, 7) is 0.803. The minimum absolute atomic E-state index is 0. The molecule has 36 heavy (non-hydrogen) atoms. The molecule has 198 valence electrons. The molecule has 2 aromatic carbocycles. The number of anilines is 1. The second kappa shape index (κ2) is 10.5. The lowest BCUT2D eigenvalue weighted by Crippen LogP contribution is -2.48. The Labute approximate surface area is 210 Å². The second-order valence-corrected chi connectivity index (χ2v) is 8.81. The number of alkyl halides is 6. The number of nitrogens with one attached hydrogen (secondary N) is 1. The summed E-state index contributed by atoms with van der Waals surface area (Å²) in [5.41, 5.74) is 0.114. The molecule has 0 aliphatic carbocycles. The maximum Gasteiger partial charge on any atom is 0.573 e. The molecule has 1 N–H and O–H groups in total. The van der Waals surface area contributed by atoms with E-state index in [1.807, 2.05) is 30.3 Å². The lowest BCUT2D eigenvalue weighted by Gasteiger charge is -2.41. The van der Waals surface area contributed by atoms with Crippen LogP contribution in [-0.4, -0.2) is 44.2 Å². The van der Waals surface area contributed by atoms with Crippen molar-refractivity contribution in [3.63, 3.8) is 0 Å². The van der Waals surface area contributed by atoms with Gasteiger partial charge in [0.15, 0.2) is 0 Å². The second-order valence-electron chi connectivity index (χ2n) is 8.81. The van der Waals surface area contributed by atoms with Gasteiger partial charge in [-0.3, -0.25) is 4.79 Å². The summed E-state index contributed by atoms with van der Waals surface area (Å²) < 4.78 is 88.6. The summed E-state index contributed by atoms with van der Waals surface area (Å²) >= 11 is 0. The molecule has 1 spiro atoms. The van der Waals surface area contributed by atoms with Gasteiger partial charge >= 0.3 is 18.4 Å². The van der Waals surface area contributed by atoms with Gasteiger partial charge < -0.3 is 19.7 Å². The Morgan fingerprint density at radius 2 is 1.81 bits per heavy atom. The Morgan fingerprint density at radius 1 is 1.11 bits per heavy atom. The summed E-state index contributed by atoms with van der Waals surface area (Å²) in [7, 11) is 0.919. The van der Waals surface area contributed by atoms with Crippen LogP contribution in [0.3, 0.4) is 0 Å². The molecular formula is C24H25ClF6N2O3. The van der Waals surface area contributed by atoms with Crippen molar-refractivity contribution in [2.45, 2.75) is 49.4 Å². The molecule has 2 aliphatic heterocycles. The van der Waals surface area contributed by atoms with Gasteiger partial charge in [0.2, 0.25) is 0 Å². The van der Waals surface area contributed by atoms with Crippen LogP contribution >= 0.6 is 12.4 Å². The third-order valence-corrected chi connectivity index (χ3v) is 6.54. The Morgan fingerprint density at radius 3 is 2.44 bits per heavy atom. The molecule has 5 nitrogen and oxygen atoms in total. The predicted octanol–water partition coefficient (Wildman–Crippen LogP) is 5.90. The number of benzene rings is 2. The first-order chi connectivity index (χ1) is 16.4. The number of carbonyl (C=O) groups excluding carboxylic acids is 1. The highest BCUT2D eigenvalue weighted by Gasteiger charge is 2.49. The van der Waals surface area contributed by atoms with E-state index in [1.165, 1.54) is 0 Å². The largest absolute Gasteiger partial charge is 0.573 e. The van der Waals surface area contributed by atoms with Crippen LogP contribution < -0.4 is 15.0 Å². The summed E-state index contributed by atoms with van der Waals surface area (Å²) in [5.74, 6) is -3.25. The number of nitrogens with zero attached hydrogens (tertiary/aromatic N) is 1. The highest BCUT2D eigenvalue weighted by Crippen LogP contribution is 2.50. The van der Waals surface area contributed by atoms with E-state index in [0.29, 0.717) is 17.7 Å². The van der Waals surface area contributed by atoms with E-state index in [4.69, 9.17) is 4.74 Å². The van der Waals surface area contributed by atoms with Gasteiger partial charge in [-0.15, -0.1) is 25.6 Å². The Kier molecular flexibility index (Phi) is 8.17. The lowest BCUT2D eigenvalue weighted by atomic mass is 9.77. The van der Waals surface area contributed by atoms with E-state index in [-0.39, 0.29) is 36.3 Å². The van der Waals surface area contributed by atoms with E-state index in [0.717, 1.165) is 43.8 Å². The summed E-state index contributed by atoms with van der Waals surface area (Å²) in [4.78, 5) is 12.1. The summed E-state index contributed by atoms with van der Waals surface area (Å²) in [5, 5.41) is 3.44. The minimum Gasteiger partial charge on any atom is -0.405 e. The Bertz CT molecular complexity index is 1070. The van der Waals surface area contributed by atoms with E-state index in [9.17, 15) is 31.1 Å². The molecule has 2 aliphatic rings. The Balaban J connectivity index is 0.00000361. The maximum atomic E-state index is 13.1. The number of ether oxygens (including phenoxy) is 2. The molecule has 0 bridgehead atoms. The number of hydrogen-bond donors (Lipinski definition) is 1. The van der Waals surface area contributed by atoms with Gasteiger partial charge in [-0.05, 0) is 49.6 Å². The SMILES string of the molecule is CN(C(=O)C(F)(F)F)c1ccc(OC(F)(F)F)c(C2COC3(CCCNC3c3ccccc3)C2)c1.Cl.